The van der Waals surface area contributed by atoms with Gasteiger partial charge in [-0.15, -0.1) is 52.6 Å². The zero-order chi connectivity index (χ0) is 76.0. The summed E-state index contributed by atoms with van der Waals surface area (Å²) >= 11 is 0. The predicted octanol–water partition coefficient (Wildman–Crippen LogP) is 16.4. The van der Waals surface area contributed by atoms with Crippen molar-refractivity contribution >= 4 is 102 Å². The van der Waals surface area contributed by atoms with Crippen LogP contribution in [-0.4, -0.2) is 105 Å². The lowest BCUT2D eigenvalue weighted by molar-refractivity contribution is -0.213. The summed E-state index contributed by atoms with van der Waals surface area (Å²) in [4.78, 5) is 146. The van der Waals surface area contributed by atoms with E-state index in [-0.39, 0.29) is 45.9 Å². The van der Waals surface area contributed by atoms with E-state index in [0.29, 0.717) is 103 Å². The third-order valence-corrected chi connectivity index (χ3v) is 39.3. The maximum absolute atomic E-state index is 13.4. The van der Waals surface area contributed by atoms with E-state index in [1.807, 2.05) is 94.1 Å². The molecular weight excluding hydrogens is 1410 g/mol. The van der Waals surface area contributed by atoms with Crippen molar-refractivity contribution in [2.75, 3.05) is 0 Å². The molecule has 4 aromatic rings. The molecule has 4 aliphatic carbocycles. The van der Waals surface area contributed by atoms with Gasteiger partial charge in [-0.25, -0.2) is 58.3 Å². The molecule has 0 saturated heterocycles. The fourth-order valence-electron chi connectivity index (χ4n) is 16.7. The van der Waals surface area contributed by atoms with Crippen LogP contribution >= 0.6 is 0 Å². The minimum atomic E-state index is -2.18. The third-order valence-electron chi connectivity index (χ3n) is 23.2. The Hall–Kier alpha value is -9.37. The molecule has 4 fully saturated rings. The van der Waals surface area contributed by atoms with E-state index >= 15 is 0 Å². The first-order valence-corrected chi connectivity index (χ1v) is 45.9. The van der Waals surface area contributed by atoms with Crippen LogP contribution in [0.2, 0.25) is 24.2 Å². The Morgan fingerprint density at radius 2 is 0.448 bits per heavy atom. The second-order valence-corrected chi connectivity index (χ2v) is 44.4. The maximum atomic E-state index is 13.4. The Balaban J connectivity index is 0.986. The standard InChI is InChI=1S/C81H100O20Si4/c1-13-102(14-2,15-3)69-49-25-57(26-50-69)73(82)94-98-77(86)90-65-41-33-61(34-42-65)81(62-35-43-66(44-36-62)91-78(87)99-95-74(83)58-27-51-70(52-28-58)103(16-4,17-5)18-6,63-37-45-67(46-38-63)92-79(88)100-96-75(84)59-29-53-71(54-30-59)104(19-7,20-8)21-9)64-39-47-68(48-40-64)93-80(89)101-97-76(85)60-31-55-72(56-32-60)105(22-10,23-11)24-12/h13-14,16-17,19-20,22-23,25-32,49-56,61-68H,1-2,4-5,7-8,10-11,15,18,21,24,33-48H2,3,6,9,12H3. The molecule has 0 atom stereocenters. The highest BCUT2D eigenvalue weighted by Gasteiger charge is 2.57. The van der Waals surface area contributed by atoms with Crippen molar-refractivity contribution in [3.05, 3.63) is 218 Å². The molecule has 105 heavy (non-hydrogen) atoms. The van der Waals surface area contributed by atoms with E-state index in [9.17, 15) is 38.4 Å². The molecule has 20 nitrogen and oxygen atoms in total. The molecule has 560 valence electrons. The summed E-state index contributed by atoms with van der Waals surface area (Å²) in [5.41, 5.74) is 15.7. The maximum Gasteiger partial charge on any atom is 0.550 e. The van der Waals surface area contributed by atoms with Crippen LogP contribution in [0.1, 0.15) is 172 Å². The molecule has 0 heterocycles. The van der Waals surface area contributed by atoms with Crippen molar-refractivity contribution in [2.45, 2.75) is 179 Å². The number of ether oxygens (including phenoxy) is 4. The Morgan fingerprint density at radius 1 is 0.286 bits per heavy atom. The lowest BCUT2D eigenvalue weighted by atomic mass is 9.45. The van der Waals surface area contributed by atoms with Gasteiger partial charge in [0, 0.05) is 0 Å². The summed E-state index contributed by atoms with van der Waals surface area (Å²) in [6.07, 6.45) is 1.18. The second-order valence-electron chi connectivity index (χ2n) is 27.7. The zero-order valence-corrected chi connectivity index (χ0v) is 64.9. The number of carbonyl (C=O) groups excluding carboxylic acids is 8. The Kier molecular flexibility index (Phi) is 29.1. The molecule has 0 aromatic heterocycles. The predicted molar refractivity (Wildman–Crippen MR) is 408 cm³/mol. The van der Waals surface area contributed by atoms with Gasteiger partial charge in [-0.1, -0.05) is 143 Å². The number of carbonyl (C=O) groups is 8. The van der Waals surface area contributed by atoms with E-state index in [1.165, 1.54) is 0 Å². The molecule has 4 saturated carbocycles. The highest BCUT2D eigenvalue weighted by Crippen LogP contribution is 2.63. The molecule has 4 aliphatic rings. The average Bonchev–Trinajstić information content (AvgIpc) is 0.730. The van der Waals surface area contributed by atoms with Gasteiger partial charge in [-0.3, -0.25) is 0 Å². The highest BCUT2D eigenvalue weighted by molar-refractivity contribution is 7.01. The van der Waals surface area contributed by atoms with Gasteiger partial charge >= 0.3 is 48.5 Å². The summed E-state index contributed by atoms with van der Waals surface area (Å²) in [6, 6.07) is 30.8. The van der Waals surface area contributed by atoms with Crippen LogP contribution in [0, 0.1) is 29.1 Å². The van der Waals surface area contributed by atoms with Gasteiger partial charge in [0.1, 0.15) is 56.7 Å². The van der Waals surface area contributed by atoms with E-state index < -0.39 is 111 Å². The number of benzene rings is 4. The Morgan fingerprint density at radius 3 is 0.590 bits per heavy atom. The van der Waals surface area contributed by atoms with Crippen molar-refractivity contribution < 1.29 is 96.4 Å². The normalized spacial score (nSPS) is 21.0. The van der Waals surface area contributed by atoms with Crippen LogP contribution < -0.4 is 20.7 Å². The molecule has 0 radical (unpaired) electrons. The third kappa shape index (κ3) is 19.0. The second kappa shape index (κ2) is 37.6. The number of hydrogen-bond acceptors (Lipinski definition) is 20. The molecule has 24 heteroatoms. The van der Waals surface area contributed by atoms with Crippen molar-refractivity contribution in [1.29, 1.82) is 0 Å². The largest absolute Gasteiger partial charge is 0.550 e. The SMILES string of the molecule is C=C[Si](C=C)(CC)c1ccc(C(=O)OOC(=O)OC2CCC(C(C3CCC(OC(=O)OOC(=O)c4ccc([Si](C=C)(C=C)CC)cc4)CC3)(C3CCC(OC(=O)OOC(=O)c4ccc([Si](C=C)(C=C)CC)cc4)CC3)C3CCC(OC(=O)OOC(=O)c4ccc([Si](C=C)(C=C)CC)cc4)CC3)CC2)cc1. The van der Waals surface area contributed by atoms with Crippen LogP contribution in [0.15, 0.2) is 195 Å². The Labute approximate surface area is 620 Å². The van der Waals surface area contributed by atoms with Crippen molar-refractivity contribution in [2.24, 2.45) is 29.1 Å². The molecule has 0 unspecified atom stereocenters. The van der Waals surface area contributed by atoms with E-state index in [2.05, 4.69) is 80.3 Å². The average molecular weight is 1510 g/mol. The summed E-state index contributed by atoms with van der Waals surface area (Å²) in [5, 5.41) is 4.04. The molecule has 0 amide bonds. The van der Waals surface area contributed by atoms with Crippen molar-refractivity contribution in [3.63, 3.8) is 0 Å². The Bertz CT molecular complexity index is 3240. The lowest BCUT2D eigenvalue weighted by Gasteiger charge is -2.60. The minimum Gasteiger partial charge on any atom is -0.428 e. The van der Waals surface area contributed by atoms with E-state index in [1.54, 1.807) is 48.5 Å². The summed E-state index contributed by atoms with van der Waals surface area (Å²) < 4.78 is 23.4. The van der Waals surface area contributed by atoms with Gasteiger partial charge in [0.15, 0.2) is 0 Å². The number of rotatable bonds is 28. The first-order valence-electron chi connectivity index (χ1n) is 36.5. The smallest absolute Gasteiger partial charge is 0.428 e. The first kappa shape index (κ1) is 81.3. The van der Waals surface area contributed by atoms with Crippen LogP contribution in [0.4, 0.5) is 19.2 Å². The lowest BCUT2D eigenvalue weighted by Crippen LogP contribution is -2.54. The summed E-state index contributed by atoms with van der Waals surface area (Å²) in [7, 11) is -8.74. The molecule has 0 N–H and O–H groups in total. The summed E-state index contributed by atoms with van der Waals surface area (Å²) in [6.45, 7) is 40.5. The molecule has 4 aromatic carbocycles. The van der Waals surface area contributed by atoms with Crippen LogP contribution in [0.25, 0.3) is 0 Å². The monoisotopic (exact) mass is 1500 g/mol. The van der Waals surface area contributed by atoms with Crippen LogP contribution in [-0.2, 0) is 58.0 Å². The highest BCUT2D eigenvalue weighted by atomic mass is 28.3. The van der Waals surface area contributed by atoms with Crippen molar-refractivity contribution in [3.8, 4) is 0 Å². The molecule has 0 aliphatic heterocycles. The van der Waals surface area contributed by atoms with Gasteiger partial charge in [0.25, 0.3) is 0 Å². The van der Waals surface area contributed by atoms with Crippen LogP contribution in [0.5, 0.6) is 0 Å². The van der Waals surface area contributed by atoms with Gasteiger partial charge in [-0.2, -0.15) is 19.2 Å². The molecule has 8 rings (SSSR count). The molecule has 0 bridgehead atoms. The van der Waals surface area contributed by atoms with Gasteiger partial charge in [-0.05, 0) is 205 Å². The number of hydrogen-bond donors (Lipinski definition) is 0. The van der Waals surface area contributed by atoms with Gasteiger partial charge in [0.05, 0.1) is 22.3 Å². The van der Waals surface area contributed by atoms with Crippen LogP contribution in [0.3, 0.4) is 0 Å². The van der Waals surface area contributed by atoms with E-state index in [0.717, 1.165) is 44.9 Å². The van der Waals surface area contributed by atoms with Gasteiger partial charge < -0.3 is 18.9 Å². The molecule has 0 spiro atoms. The fraction of sp³-hybridized carbons (Fsp3) is 0.407. The van der Waals surface area contributed by atoms with E-state index in [4.69, 9.17) is 58.0 Å². The zero-order valence-electron chi connectivity index (χ0n) is 60.9. The quantitative estimate of drug-likeness (QED) is 0.0168. The fourth-order valence-corrected chi connectivity index (χ4v) is 26.4. The van der Waals surface area contributed by atoms with Crippen molar-refractivity contribution in [1.82, 2.24) is 0 Å². The first-order chi connectivity index (χ1) is 50.6. The summed E-state index contributed by atoms with van der Waals surface area (Å²) in [5.74, 6) is -3.50. The molecular formula is C81H100O20Si4. The topological polar surface area (TPSA) is 247 Å². The van der Waals surface area contributed by atoms with Gasteiger partial charge in [0.2, 0.25) is 0 Å². The minimum absolute atomic E-state index is 0.00595.